The Balaban J connectivity index is 2.36. The number of hydrogen-bond donors (Lipinski definition) is 1. The summed E-state index contributed by atoms with van der Waals surface area (Å²) in [6.07, 6.45) is 0.620. The van der Waals surface area contributed by atoms with Gasteiger partial charge in [0.05, 0.1) is 26.1 Å². The predicted molar refractivity (Wildman–Crippen MR) is 67.1 cm³/mol. The van der Waals surface area contributed by atoms with Crippen molar-refractivity contribution < 1.29 is 14.6 Å². The molecule has 0 fully saturated rings. The quantitative estimate of drug-likeness (QED) is 0.859. The van der Waals surface area contributed by atoms with Crippen LogP contribution in [0.3, 0.4) is 0 Å². The van der Waals surface area contributed by atoms with Gasteiger partial charge in [-0.25, -0.2) is 0 Å². The zero-order chi connectivity index (χ0) is 13.8. The summed E-state index contributed by atoms with van der Waals surface area (Å²) >= 11 is 0. The Morgan fingerprint density at radius 2 is 2.05 bits per heavy atom. The zero-order valence-electron chi connectivity index (χ0n) is 11.1. The van der Waals surface area contributed by atoms with E-state index in [4.69, 9.17) is 9.47 Å². The van der Waals surface area contributed by atoms with Crippen molar-refractivity contribution in [1.29, 1.82) is 0 Å². The molecular weight excluding hydrogens is 248 g/mol. The molecule has 0 bridgehead atoms. The van der Waals surface area contributed by atoms with Gasteiger partial charge in [0.25, 0.3) is 0 Å². The Kier molecular flexibility index (Phi) is 3.96. The summed E-state index contributed by atoms with van der Waals surface area (Å²) in [5.74, 6) is 0.916. The van der Waals surface area contributed by atoms with E-state index < -0.39 is 6.10 Å². The summed E-state index contributed by atoms with van der Waals surface area (Å²) in [5, 5.41) is 22.3. The molecule has 0 aromatic carbocycles. The summed E-state index contributed by atoms with van der Waals surface area (Å²) in [4.78, 5) is 0. The van der Waals surface area contributed by atoms with Crippen LogP contribution >= 0.6 is 0 Å². The van der Waals surface area contributed by atoms with Gasteiger partial charge < -0.3 is 14.6 Å². The minimum Gasteiger partial charge on any atom is -0.493 e. The fourth-order valence-electron chi connectivity index (χ4n) is 1.79. The van der Waals surface area contributed by atoms with Crippen molar-refractivity contribution in [3.8, 4) is 11.6 Å². The number of nitrogens with zero attached hydrogens (tertiary/aromatic N) is 4. The topological polar surface area (TPSA) is 82.3 Å². The first-order valence-electron chi connectivity index (χ1n) is 5.86. The van der Waals surface area contributed by atoms with Gasteiger partial charge in [0, 0.05) is 12.6 Å². The molecule has 7 heteroatoms. The van der Waals surface area contributed by atoms with E-state index in [1.807, 2.05) is 6.92 Å². The van der Waals surface area contributed by atoms with E-state index in [2.05, 4.69) is 15.3 Å². The molecule has 19 heavy (non-hydrogen) atoms. The second-order valence-electron chi connectivity index (χ2n) is 3.82. The minimum absolute atomic E-state index is 0.395. The number of aromatic nitrogens is 4. The van der Waals surface area contributed by atoms with Gasteiger partial charge in [0.1, 0.15) is 11.8 Å². The molecule has 2 aromatic rings. The third-order valence-electron chi connectivity index (χ3n) is 2.77. The van der Waals surface area contributed by atoms with Crippen LogP contribution in [-0.2, 0) is 6.54 Å². The van der Waals surface area contributed by atoms with Gasteiger partial charge in [-0.15, -0.1) is 10.2 Å². The minimum atomic E-state index is -0.948. The van der Waals surface area contributed by atoms with Crippen LogP contribution in [0.15, 0.2) is 18.3 Å². The Bertz CT molecular complexity index is 517. The lowest BCUT2D eigenvalue weighted by molar-refractivity contribution is 0.196. The molecule has 1 atom stereocenters. The molecule has 1 unspecified atom stereocenters. The molecule has 102 valence electrons. The largest absolute Gasteiger partial charge is 0.493 e. The fourth-order valence-corrected chi connectivity index (χ4v) is 1.79. The number of aryl methyl sites for hydroxylation is 1. The van der Waals surface area contributed by atoms with E-state index in [1.54, 1.807) is 23.0 Å². The Morgan fingerprint density at radius 3 is 2.58 bits per heavy atom. The maximum absolute atomic E-state index is 10.4. The summed E-state index contributed by atoms with van der Waals surface area (Å²) < 4.78 is 11.8. The second-order valence-corrected chi connectivity index (χ2v) is 3.82. The number of ether oxygens (including phenoxy) is 2. The van der Waals surface area contributed by atoms with Crippen LogP contribution in [-0.4, -0.2) is 39.3 Å². The molecule has 0 aliphatic heterocycles. The smallest absolute Gasteiger partial charge is 0.233 e. The van der Waals surface area contributed by atoms with Crippen molar-refractivity contribution in [2.24, 2.45) is 0 Å². The van der Waals surface area contributed by atoms with Crippen LogP contribution in [0, 0.1) is 0 Å². The van der Waals surface area contributed by atoms with Crippen molar-refractivity contribution in [3.05, 3.63) is 29.7 Å². The molecule has 0 aliphatic rings. The highest BCUT2D eigenvalue weighted by Crippen LogP contribution is 2.28. The molecule has 0 aliphatic carbocycles. The van der Waals surface area contributed by atoms with Crippen molar-refractivity contribution in [2.75, 3.05) is 14.2 Å². The van der Waals surface area contributed by atoms with E-state index in [1.165, 1.54) is 14.2 Å². The SMILES string of the molecule is CCn1ncc(OC)c1C(O)c1ccc(OC)nn1. The molecule has 0 saturated heterocycles. The third kappa shape index (κ3) is 2.50. The lowest BCUT2D eigenvalue weighted by atomic mass is 10.1. The summed E-state index contributed by atoms with van der Waals surface area (Å²) in [7, 11) is 3.04. The monoisotopic (exact) mass is 264 g/mol. The molecule has 0 radical (unpaired) electrons. The maximum Gasteiger partial charge on any atom is 0.233 e. The average Bonchev–Trinajstić information content (AvgIpc) is 2.89. The second kappa shape index (κ2) is 5.66. The Morgan fingerprint density at radius 1 is 1.26 bits per heavy atom. The summed E-state index contributed by atoms with van der Waals surface area (Å²) in [6, 6.07) is 3.30. The highest BCUT2D eigenvalue weighted by Gasteiger charge is 2.22. The first kappa shape index (κ1) is 13.3. The lowest BCUT2D eigenvalue weighted by Gasteiger charge is -2.13. The van der Waals surface area contributed by atoms with Gasteiger partial charge in [0.2, 0.25) is 5.88 Å². The zero-order valence-corrected chi connectivity index (χ0v) is 11.1. The highest BCUT2D eigenvalue weighted by atomic mass is 16.5. The van der Waals surface area contributed by atoms with Crippen LogP contribution in [0.2, 0.25) is 0 Å². The van der Waals surface area contributed by atoms with E-state index in [9.17, 15) is 5.11 Å². The molecular formula is C12H16N4O3. The standard InChI is InChI=1S/C12H16N4O3/c1-4-16-11(9(18-2)7-13-16)12(17)8-5-6-10(19-3)15-14-8/h5-7,12,17H,4H2,1-3H3. The molecule has 7 nitrogen and oxygen atoms in total. The Labute approximate surface area is 110 Å². The predicted octanol–water partition coefficient (Wildman–Crippen LogP) is 0.792. The number of aliphatic hydroxyl groups excluding tert-OH is 1. The van der Waals surface area contributed by atoms with Crippen LogP contribution in [0.1, 0.15) is 24.4 Å². The van der Waals surface area contributed by atoms with Crippen LogP contribution in [0.25, 0.3) is 0 Å². The van der Waals surface area contributed by atoms with Gasteiger partial charge >= 0.3 is 0 Å². The van der Waals surface area contributed by atoms with E-state index >= 15 is 0 Å². The fraction of sp³-hybridized carbons (Fsp3) is 0.417. The molecule has 1 N–H and O–H groups in total. The average molecular weight is 264 g/mol. The van der Waals surface area contributed by atoms with Crippen LogP contribution in [0.5, 0.6) is 11.6 Å². The van der Waals surface area contributed by atoms with Gasteiger partial charge in [0.15, 0.2) is 5.75 Å². The van der Waals surface area contributed by atoms with Crippen LogP contribution < -0.4 is 9.47 Å². The van der Waals surface area contributed by atoms with Crippen molar-refractivity contribution in [3.63, 3.8) is 0 Å². The number of methoxy groups -OCH3 is 2. The first-order valence-corrected chi connectivity index (χ1v) is 5.86. The summed E-state index contributed by atoms with van der Waals surface area (Å²) in [6.45, 7) is 2.56. The van der Waals surface area contributed by atoms with Gasteiger partial charge in [-0.05, 0) is 13.0 Å². The van der Waals surface area contributed by atoms with E-state index in [0.29, 0.717) is 29.6 Å². The Hall–Kier alpha value is -2.15. The molecule has 0 amide bonds. The van der Waals surface area contributed by atoms with Crippen molar-refractivity contribution in [1.82, 2.24) is 20.0 Å². The maximum atomic E-state index is 10.4. The van der Waals surface area contributed by atoms with Crippen molar-refractivity contribution >= 4 is 0 Å². The normalized spacial score (nSPS) is 12.2. The lowest BCUT2D eigenvalue weighted by Crippen LogP contribution is -2.12. The molecule has 0 saturated carbocycles. The van der Waals surface area contributed by atoms with Gasteiger partial charge in [-0.3, -0.25) is 4.68 Å². The number of aliphatic hydroxyl groups is 1. The first-order chi connectivity index (χ1) is 9.21. The van der Waals surface area contributed by atoms with E-state index in [-0.39, 0.29) is 0 Å². The highest BCUT2D eigenvalue weighted by molar-refractivity contribution is 5.32. The van der Waals surface area contributed by atoms with E-state index in [0.717, 1.165) is 0 Å². The molecule has 2 heterocycles. The van der Waals surface area contributed by atoms with Crippen LogP contribution in [0.4, 0.5) is 0 Å². The van der Waals surface area contributed by atoms with Crippen molar-refractivity contribution in [2.45, 2.75) is 19.6 Å². The van der Waals surface area contributed by atoms with Gasteiger partial charge in [-0.1, -0.05) is 0 Å². The molecule has 2 aromatic heterocycles. The summed E-state index contributed by atoms with van der Waals surface area (Å²) in [5.41, 5.74) is 0.971. The number of rotatable bonds is 5. The van der Waals surface area contributed by atoms with Gasteiger partial charge in [-0.2, -0.15) is 5.10 Å². The molecule has 0 spiro atoms. The molecule has 2 rings (SSSR count). The third-order valence-corrected chi connectivity index (χ3v) is 2.77. The number of hydrogen-bond acceptors (Lipinski definition) is 6.